The van der Waals surface area contributed by atoms with Gasteiger partial charge in [-0.2, -0.15) is 0 Å². The summed E-state index contributed by atoms with van der Waals surface area (Å²) in [5.74, 6) is 0.775. The Balaban J connectivity index is 2.40. The van der Waals surface area contributed by atoms with Gasteiger partial charge in [0.15, 0.2) is 0 Å². The van der Waals surface area contributed by atoms with Crippen LogP contribution in [0, 0.1) is 0 Å². The standard InChI is InChI=1S/C15H24N2O3/c1-12(2)16-10-14(17-18)11-20-15-6-4-13(5-7-15)8-9-19-3/h4-7,12,16,18H,8-11H2,1-3H3/p+1/b17-14+. The van der Waals surface area contributed by atoms with E-state index in [9.17, 15) is 0 Å². The van der Waals surface area contributed by atoms with Gasteiger partial charge in [0, 0.05) is 7.11 Å². The Labute approximate surface area is 120 Å². The van der Waals surface area contributed by atoms with E-state index in [0.717, 1.165) is 12.2 Å². The van der Waals surface area contributed by atoms with Crippen LogP contribution in [0.2, 0.25) is 0 Å². The van der Waals surface area contributed by atoms with E-state index in [-0.39, 0.29) is 0 Å². The minimum atomic E-state index is 0.303. The van der Waals surface area contributed by atoms with E-state index in [0.29, 0.717) is 31.5 Å². The van der Waals surface area contributed by atoms with E-state index in [4.69, 9.17) is 14.7 Å². The van der Waals surface area contributed by atoms with Crippen molar-refractivity contribution in [2.45, 2.75) is 26.3 Å². The highest BCUT2D eigenvalue weighted by Gasteiger charge is 2.06. The predicted molar refractivity (Wildman–Crippen MR) is 78.7 cm³/mol. The van der Waals surface area contributed by atoms with Crippen molar-refractivity contribution < 1.29 is 20.0 Å². The van der Waals surface area contributed by atoms with Crippen molar-refractivity contribution in [2.24, 2.45) is 5.16 Å². The lowest BCUT2D eigenvalue weighted by atomic mass is 10.1. The molecule has 0 bridgehead atoms. The minimum Gasteiger partial charge on any atom is -0.487 e. The number of quaternary nitrogens is 1. The van der Waals surface area contributed by atoms with Crippen LogP contribution in [0.25, 0.3) is 0 Å². The van der Waals surface area contributed by atoms with Crippen molar-refractivity contribution in [2.75, 3.05) is 26.9 Å². The van der Waals surface area contributed by atoms with Crippen molar-refractivity contribution in [1.82, 2.24) is 0 Å². The molecule has 0 aliphatic rings. The average Bonchev–Trinajstić information content (AvgIpc) is 2.46. The summed E-state index contributed by atoms with van der Waals surface area (Å²) in [6.45, 7) is 5.84. The quantitative estimate of drug-likeness (QED) is 0.404. The van der Waals surface area contributed by atoms with Crippen molar-refractivity contribution in [3.63, 3.8) is 0 Å². The van der Waals surface area contributed by atoms with Gasteiger partial charge in [-0.1, -0.05) is 17.3 Å². The molecule has 0 aliphatic carbocycles. The van der Waals surface area contributed by atoms with Crippen LogP contribution in [-0.2, 0) is 11.2 Å². The molecule has 1 rings (SSSR count). The van der Waals surface area contributed by atoms with Crippen LogP contribution in [0.15, 0.2) is 29.4 Å². The highest BCUT2D eigenvalue weighted by molar-refractivity contribution is 5.86. The van der Waals surface area contributed by atoms with Gasteiger partial charge >= 0.3 is 0 Å². The molecule has 0 fully saturated rings. The average molecular weight is 281 g/mol. The highest BCUT2D eigenvalue weighted by Crippen LogP contribution is 2.12. The molecule has 0 radical (unpaired) electrons. The van der Waals surface area contributed by atoms with Gasteiger partial charge in [-0.25, -0.2) is 0 Å². The van der Waals surface area contributed by atoms with E-state index >= 15 is 0 Å². The highest BCUT2D eigenvalue weighted by atomic mass is 16.5. The van der Waals surface area contributed by atoms with Crippen LogP contribution >= 0.6 is 0 Å². The molecule has 5 nitrogen and oxygen atoms in total. The lowest BCUT2D eigenvalue weighted by molar-refractivity contribution is -0.670. The molecule has 0 saturated carbocycles. The number of hydrogen-bond donors (Lipinski definition) is 2. The second kappa shape index (κ2) is 9.34. The minimum absolute atomic E-state index is 0.303. The molecule has 0 heterocycles. The Bertz CT molecular complexity index is 402. The lowest BCUT2D eigenvalue weighted by Gasteiger charge is -2.09. The number of methoxy groups -OCH3 is 1. The third-order valence-corrected chi connectivity index (χ3v) is 2.89. The van der Waals surface area contributed by atoms with Crippen LogP contribution in [-0.4, -0.2) is 43.8 Å². The zero-order valence-electron chi connectivity index (χ0n) is 12.5. The lowest BCUT2D eigenvalue weighted by Crippen LogP contribution is -2.90. The third kappa shape index (κ3) is 6.54. The summed E-state index contributed by atoms with van der Waals surface area (Å²) < 4.78 is 10.6. The van der Waals surface area contributed by atoms with Crippen molar-refractivity contribution in [1.29, 1.82) is 0 Å². The molecule has 0 amide bonds. The Hall–Kier alpha value is -1.59. The van der Waals surface area contributed by atoms with E-state index in [2.05, 4.69) is 24.3 Å². The molecule has 1 aromatic rings. The van der Waals surface area contributed by atoms with Gasteiger partial charge in [0.05, 0.1) is 12.6 Å². The Morgan fingerprint density at radius 3 is 2.55 bits per heavy atom. The predicted octanol–water partition coefficient (Wildman–Crippen LogP) is 1.06. The third-order valence-electron chi connectivity index (χ3n) is 2.89. The number of benzene rings is 1. The van der Waals surface area contributed by atoms with Crippen LogP contribution in [0.3, 0.4) is 0 Å². The monoisotopic (exact) mass is 281 g/mol. The fourth-order valence-electron chi connectivity index (χ4n) is 1.64. The molecule has 1 aromatic carbocycles. The van der Waals surface area contributed by atoms with Crippen LogP contribution in [0.4, 0.5) is 0 Å². The molecule has 20 heavy (non-hydrogen) atoms. The van der Waals surface area contributed by atoms with Gasteiger partial charge < -0.3 is 20.0 Å². The van der Waals surface area contributed by atoms with Gasteiger partial charge in [0.1, 0.15) is 24.6 Å². The molecule has 0 saturated heterocycles. The maximum Gasteiger partial charge on any atom is 0.148 e. The summed E-state index contributed by atoms with van der Waals surface area (Å²) in [7, 11) is 1.70. The zero-order chi connectivity index (χ0) is 14.8. The molecular weight excluding hydrogens is 256 g/mol. The fraction of sp³-hybridized carbons (Fsp3) is 0.533. The number of ether oxygens (including phenoxy) is 2. The zero-order valence-corrected chi connectivity index (χ0v) is 12.5. The van der Waals surface area contributed by atoms with Gasteiger partial charge in [-0.3, -0.25) is 0 Å². The van der Waals surface area contributed by atoms with Crippen molar-refractivity contribution in [3.05, 3.63) is 29.8 Å². The Kier molecular flexibility index (Phi) is 7.69. The maximum absolute atomic E-state index is 8.93. The number of nitrogens with zero attached hydrogens (tertiary/aromatic N) is 1. The molecule has 0 unspecified atom stereocenters. The number of rotatable bonds is 9. The van der Waals surface area contributed by atoms with E-state index < -0.39 is 0 Å². The van der Waals surface area contributed by atoms with Gasteiger partial charge in [0.2, 0.25) is 0 Å². The first kappa shape index (κ1) is 16.5. The van der Waals surface area contributed by atoms with Crippen molar-refractivity contribution in [3.8, 4) is 5.75 Å². The second-order valence-electron chi connectivity index (χ2n) is 5.03. The summed E-state index contributed by atoms with van der Waals surface area (Å²) in [5.41, 5.74) is 1.84. The van der Waals surface area contributed by atoms with Crippen LogP contribution < -0.4 is 10.1 Å². The van der Waals surface area contributed by atoms with Gasteiger partial charge in [0.25, 0.3) is 0 Å². The summed E-state index contributed by atoms with van der Waals surface area (Å²) >= 11 is 0. The molecule has 0 aliphatic heterocycles. The summed E-state index contributed by atoms with van der Waals surface area (Å²) in [6.07, 6.45) is 0.892. The normalized spacial score (nSPS) is 11.9. The first-order chi connectivity index (χ1) is 9.65. The first-order valence-electron chi connectivity index (χ1n) is 6.89. The van der Waals surface area contributed by atoms with E-state index in [1.165, 1.54) is 5.56 Å². The molecule has 0 atom stereocenters. The fourth-order valence-corrected chi connectivity index (χ4v) is 1.64. The second-order valence-corrected chi connectivity index (χ2v) is 5.03. The SMILES string of the molecule is COCCc1ccc(OC/C(C[NH2+]C(C)C)=N/O)cc1. The van der Waals surface area contributed by atoms with E-state index in [1.54, 1.807) is 7.11 Å². The number of nitrogens with two attached hydrogens (primary N) is 1. The smallest absolute Gasteiger partial charge is 0.148 e. The number of oxime groups is 1. The largest absolute Gasteiger partial charge is 0.487 e. The first-order valence-corrected chi connectivity index (χ1v) is 6.89. The van der Waals surface area contributed by atoms with Crippen LogP contribution in [0.1, 0.15) is 19.4 Å². The van der Waals surface area contributed by atoms with Gasteiger partial charge in [-0.15, -0.1) is 0 Å². The molecule has 0 aromatic heterocycles. The molecule has 0 spiro atoms. The summed E-state index contributed by atoms with van der Waals surface area (Å²) in [5, 5.41) is 14.3. The topological polar surface area (TPSA) is 67.7 Å². The molecular formula is C15H25N2O3+. The molecule has 112 valence electrons. The molecule has 3 N–H and O–H groups in total. The van der Waals surface area contributed by atoms with Crippen molar-refractivity contribution >= 4 is 5.71 Å². The maximum atomic E-state index is 8.93. The summed E-state index contributed by atoms with van der Waals surface area (Å²) in [6, 6.07) is 8.35. The van der Waals surface area contributed by atoms with Crippen LogP contribution in [0.5, 0.6) is 5.75 Å². The summed E-state index contributed by atoms with van der Waals surface area (Å²) in [4.78, 5) is 0. The Morgan fingerprint density at radius 1 is 1.30 bits per heavy atom. The van der Waals surface area contributed by atoms with Gasteiger partial charge in [-0.05, 0) is 38.0 Å². The van der Waals surface area contributed by atoms with E-state index in [1.807, 2.05) is 24.3 Å². The Morgan fingerprint density at radius 2 is 2.00 bits per heavy atom. The molecule has 5 heteroatoms. The number of hydrogen-bond acceptors (Lipinski definition) is 4.